The molecule has 0 N–H and O–H groups in total. The van der Waals surface area contributed by atoms with Gasteiger partial charge in [0, 0.05) is 5.41 Å². The molecule has 0 aromatic carbocycles. The first kappa shape index (κ1) is 14.5. The number of fused-ring (bicyclic) bond motifs is 1. The SMILES string of the molecule is C=C(C)[C@@]1(C)CCC(F)C(I)C2(/C=C\C)C1[C@H]2C. The van der Waals surface area contributed by atoms with Crippen LogP contribution in [0.15, 0.2) is 24.3 Å². The lowest BCUT2D eigenvalue weighted by molar-refractivity contribution is 0.254. The summed E-state index contributed by atoms with van der Waals surface area (Å²) in [5, 5.41) is 0. The minimum Gasteiger partial charge on any atom is -0.246 e. The molecule has 0 aliphatic heterocycles. The van der Waals surface area contributed by atoms with Gasteiger partial charge in [0.1, 0.15) is 6.17 Å². The van der Waals surface area contributed by atoms with Gasteiger partial charge in [-0.15, -0.1) is 0 Å². The second-order valence-electron chi connectivity index (χ2n) is 6.42. The highest BCUT2D eigenvalue weighted by Gasteiger charge is 2.71. The van der Waals surface area contributed by atoms with E-state index in [1.54, 1.807) is 0 Å². The second kappa shape index (κ2) is 4.60. The van der Waals surface area contributed by atoms with E-state index in [9.17, 15) is 4.39 Å². The summed E-state index contributed by atoms with van der Waals surface area (Å²) in [6.45, 7) is 12.9. The Hall–Kier alpha value is 0.140. The average Bonchev–Trinajstić information content (AvgIpc) is 2.92. The van der Waals surface area contributed by atoms with Crippen molar-refractivity contribution in [1.82, 2.24) is 0 Å². The van der Waals surface area contributed by atoms with Crippen LogP contribution >= 0.6 is 22.6 Å². The molecule has 0 aromatic heterocycles. The normalized spacial score (nSPS) is 51.9. The van der Waals surface area contributed by atoms with Crippen molar-refractivity contribution in [2.24, 2.45) is 22.7 Å². The van der Waals surface area contributed by atoms with E-state index in [4.69, 9.17) is 0 Å². The van der Waals surface area contributed by atoms with Gasteiger partial charge >= 0.3 is 0 Å². The van der Waals surface area contributed by atoms with Crippen LogP contribution in [0, 0.1) is 22.7 Å². The van der Waals surface area contributed by atoms with Gasteiger partial charge in [-0.05, 0) is 43.9 Å². The third kappa shape index (κ3) is 1.74. The van der Waals surface area contributed by atoms with Crippen molar-refractivity contribution < 1.29 is 4.39 Å². The maximum Gasteiger partial charge on any atom is 0.113 e. The Kier molecular flexibility index (Phi) is 3.72. The zero-order chi connectivity index (χ0) is 13.7. The largest absolute Gasteiger partial charge is 0.246 e. The quantitative estimate of drug-likeness (QED) is 0.354. The lowest BCUT2D eigenvalue weighted by atomic mass is 9.73. The first-order valence-corrected chi connectivity index (χ1v) is 8.15. The Morgan fingerprint density at radius 3 is 2.61 bits per heavy atom. The highest BCUT2D eigenvalue weighted by Crippen LogP contribution is 2.74. The maximum atomic E-state index is 14.4. The molecule has 2 aliphatic rings. The molecule has 0 spiro atoms. The molecule has 2 fully saturated rings. The molecule has 2 heteroatoms. The van der Waals surface area contributed by atoms with Gasteiger partial charge in [-0.25, -0.2) is 4.39 Å². The van der Waals surface area contributed by atoms with E-state index in [2.05, 4.69) is 69.0 Å². The van der Waals surface area contributed by atoms with Crippen LogP contribution in [0.25, 0.3) is 0 Å². The van der Waals surface area contributed by atoms with Crippen molar-refractivity contribution in [3.8, 4) is 0 Å². The third-order valence-electron chi connectivity index (χ3n) is 5.57. The van der Waals surface area contributed by atoms with Gasteiger partial charge in [-0.1, -0.05) is 60.7 Å². The Labute approximate surface area is 124 Å². The summed E-state index contributed by atoms with van der Waals surface area (Å²) in [7, 11) is 0. The van der Waals surface area contributed by atoms with E-state index in [-0.39, 0.29) is 14.8 Å². The van der Waals surface area contributed by atoms with E-state index in [1.165, 1.54) is 5.57 Å². The smallest absolute Gasteiger partial charge is 0.113 e. The third-order valence-corrected chi connectivity index (χ3v) is 7.43. The second-order valence-corrected chi connectivity index (χ2v) is 7.76. The van der Waals surface area contributed by atoms with Crippen LogP contribution in [0.3, 0.4) is 0 Å². The lowest BCUT2D eigenvalue weighted by Gasteiger charge is -2.31. The standard InChI is InChI=1S/C16H24FI/c1-6-8-16-11(4)13(16)15(5,10(2)3)9-7-12(17)14(16)18/h6,8,11-14H,2,7,9H2,1,3-5H3/b8-6-/t11-,12?,13?,14?,15-,16?/m1/s1. The molecule has 0 saturated heterocycles. The van der Waals surface area contributed by atoms with E-state index in [0.717, 1.165) is 6.42 Å². The van der Waals surface area contributed by atoms with Gasteiger partial charge in [0.2, 0.25) is 0 Å². The molecule has 0 heterocycles. The summed E-state index contributed by atoms with van der Waals surface area (Å²) in [6.07, 6.45) is 5.32. The predicted octanol–water partition coefficient (Wildman–Crippen LogP) is 5.33. The first-order chi connectivity index (χ1) is 8.32. The summed E-state index contributed by atoms with van der Waals surface area (Å²) < 4.78 is 14.5. The summed E-state index contributed by atoms with van der Waals surface area (Å²) in [6, 6.07) is 0. The molecule has 18 heavy (non-hydrogen) atoms. The summed E-state index contributed by atoms with van der Waals surface area (Å²) in [5.74, 6) is 1.12. The number of hydrogen-bond acceptors (Lipinski definition) is 0. The molecule has 2 saturated carbocycles. The van der Waals surface area contributed by atoms with Gasteiger partial charge in [0.15, 0.2) is 0 Å². The van der Waals surface area contributed by atoms with E-state index in [1.807, 2.05) is 0 Å². The van der Waals surface area contributed by atoms with Crippen molar-refractivity contribution in [3.63, 3.8) is 0 Å². The monoisotopic (exact) mass is 362 g/mol. The van der Waals surface area contributed by atoms with Crippen LogP contribution in [0.5, 0.6) is 0 Å². The predicted molar refractivity (Wildman–Crippen MR) is 84.8 cm³/mol. The molecule has 102 valence electrons. The van der Waals surface area contributed by atoms with Crippen molar-refractivity contribution in [3.05, 3.63) is 24.3 Å². The van der Waals surface area contributed by atoms with Gasteiger partial charge in [-0.3, -0.25) is 0 Å². The fourth-order valence-corrected chi connectivity index (χ4v) is 5.83. The molecule has 4 unspecified atom stereocenters. The van der Waals surface area contributed by atoms with Crippen LogP contribution in [0.2, 0.25) is 0 Å². The molecular weight excluding hydrogens is 338 g/mol. The van der Waals surface area contributed by atoms with Crippen LogP contribution in [0.4, 0.5) is 4.39 Å². The number of allylic oxidation sites excluding steroid dienone is 3. The van der Waals surface area contributed by atoms with E-state index >= 15 is 0 Å². The molecule has 0 bridgehead atoms. The molecule has 6 atom stereocenters. The molecule has 2 aliphatic carbocycles. The summed E-state index contributed by atoms with van der Waals surface area (Å²) >= 11 is 2.35. The van der Waals surface area contributed by atoms with E-state index < -0.39 is 6.17 Å². The minimum absolute atomic E-state index is 0.0545. The van der Waals surface area contributed by atoms with Crippen LogP contribution < -0.4 is 0 Å². The zero-order valence-corrected chi connectivity index (χ0v) is 14.0. The fraction of sp³-hybridized carbons (Fsp3) is 0.750. The van der Waals surface area contributed by atoms with Crippen molar-refractivity contribution >= 4 is 22.6 Å². The molecule has 0 amide bonds. The van der Waals surface area contributed by atoms with Gasteiger partial charge in [-0.2, -0.15) is 0 Å². The van der Waals surface area contributed by atoms with Crippen LogP contribution in [-0.4, -0.2) is 10.1 Å². The van der Waals surface area contributed by atoms with Crippen molar-refractivity contribution in [2.45, 2.75) is 50.6 Å². The average molecular weight is 362 g/mol. The van der Waals surface area contributed by atoms with E-state index in [0.29, 0.717) is 18.3 Å². The minimum atomic E-state index is -0.685. The summed E-state index contributed by atoms with van der Waals surface area (Å²) in [4.78, 5) is 0. The number of alkyl halides is 2. The Bertz CT molecular complexity index is 389. The van der Waals surface area contributed by atoms with Crippen molar-refractivity contribution in [1.29, 1.82) is 0 Å². The maximum absolute atomic E-state index is 14.4. The zero-order valence-electron chi connectivity index (χ0n) is 11.8. The van der Waals surface area contributed by atoms with Crippen LogP contribution in [-0.2, 0) is 0 Å². The number of rotatable bonds is 2. The Morgan fingerprint density at radius 2 is 2.11 bits per heavy atom. The number of halogens is 2. The number of hydrogen-bond donors (Lipinski definition) is 0. The highest BCUT2D eigenvalue weighted by atomic mass is 127. The fourth-order valence-electron chi connectivity index (χ4n) is 4.31. The molecule has 0 radical (unpaired) electrons. The van der Waals surface area contributed by atoms with Crippen molar-refractivity contribution in [2.75, 3.05) is 0 Å². The Balaban J connectivity index is 2.47. The Morgan fingerprint density at radius 1 is 1.50 bits per heavy atom. The first-order valence-electron chi connectivity index (χ1n) is 6.90. The van der Waals surface area contributed by atoms with Gasteiger partial charge in [0.05, 0.1) is 3.92 Å². The topological polar surface area (TPSA) is 0 Å². The van der Waals surface area contributed by atoms with Gasteiger partial charge < -0.3 is 0 Å². The molecule has 0 nitrogen and oxygen atoms in total. The van der Waals surface area contributed by atoms with Crippen LogP contribution in [0.1, 0.15) is 40.5 Å². The molecule has 2 rings (SSSR count). The molecule has 0 aromatic rings. The molecular formula is C16H24FI. The highest BCUT2D eigenvalue weighted by molar-refractivity contribution is 14.1. The lowest BCUT2D eigenvalue weighted by Crippen LogP contribution is -2.27. The van der Waals surface area contributed by atoms with Gasteiger partial charge in [0.25, 0.3) is 0 Å². The summed E-state index contributed by atoms with van der Waals surface area (Å²) in [5.41, 5.74) is 1.38.